The van der Waals surface area contributed by atoms with Gasteiger partial charge in [0.25, 0.3) is 0 Å². The molecule has 0 aromatic heterocycles. The first-order chi connectivity index (χ1) is 10.2. The molecule has 1 aromatic rings. The summed E-state index contributed by atoms with van der Waals surface area (Å²) in [5.74, 6) is 0.722. The normalized spacial score (nSPS) is 28.1. The lowest BCUT2D eigenvalue weighted by atomic mass is 9.77. The van der Waals surface area contributed by atoms with Crippen molar-refractivity contribution in [1.29, 1.82) is 0 Å². The topological polar surface area (TPSA) is 29.3 Å². The highest BCUT2D eigenvalue weighted by molar-refractivity contribution is 5.26. The highest BCUT2D eigenvalue weighted by atomic mass is 19.1. The SMILES string of the molecule is Cc1ccc(C(CN)N2CCC[C@H]3CCCC[C@H]32)cc1F. The van der Waals surface area contributed by atoms with Crippen LogP contribution in [-0.4, -0.2) is 24.0 Å². The summed E-state index contributed by atoms with van der Waals surface area (Å²) in [6.45, 7) is 3.50. The van der Waals surface area contributed by atoms with E-state index in [9.17, 15) is 4.39 Å². The second-order valence-electron chi connectivity index (χ2n) is 6.75. The minimum Gasteiger partial charge on any atom is -0.329 e. The molecule has 2 nitrogen and oxygen atoms in total. The van der Waals surface area contributed by atoms with Gasteiger partial charge in [-0.15, -0.1) is 0 Å². The molecule has 21 heavy (non-hydrogen) atoms. The standard InChI is InChI=1S/C18H27FN2/c1-13-8-9-15(11-16(13)19)18(12-20)21-10-4-6-14-5-2-3-7-17(14)21/h8-9,11,14,17-18H,2-7,10,12,20H2,1H3/t14-,17-,18?/m1/s1. The smallest absolute Gasteiger partial charge is 0.126 e. The predicted octanol–water partition coefficient (Wildman–Crippen LogP) is 3.79. The molecule has 116 valence electrons. The first kappa shape index (κ1) is 15.0. The lowest BCUT2D eigenvalue weighted by molar-refractivity contribution is 0.0275. The molecule has 2 N–H and O–H groups in total. The fourth-order valence-electron chi connectivity index (χ4n) is 4.33. The molecular weight excluding hydrogens is 263 g/mol. The number of rotatable bonds is 3. The van der Waals surface area contributed by atoms with Crippen molar-refractivity contribution in [3.63, 3.8) is 0 Å². The second-order valence-corrected chi connectivity index (χ2v) is 6.75. The lowest BCUT2D eigenvalue weighted by Crippen LogP contribution is -2.50. The fraction of sp³-hybridized carbons (Fsp3) is 0.667. The van der Waals surface area contributed by atoms with Crippen LogP contribution < -0.4 is 5.73 Å². The maximum Gasteiger partial charge on any atom is 0.126 e. The first-order valence-electron chi connectivity index (χ1n) is 8.42. The molecule has 1 saturated heterocycles. The van der Waals surface area contributed by atoms with Crippen molar-refractivity contribution in [2.45, 2.75) is 57.5 Å². The van der Waals surface area contributed by atoms with Crippen molar-refractivity contribution in [3.8, 4) is 0 Å². The van der Waals surface area contributed by atoms with Crippen LogP contribution in [0.25, 0.3) is 0 Å². The maximum atomic E-state index is 13.9. The van der Waals surface area contributed by atoms with Crippen LogP contribution >= 0.6 is 0 Å². The largest absolute Gasteiger partial charge is 0.329 e. The summed E-state index contributed by atoms with van der Waals surface area (Å²) in [5.41, 5.74) is 7.84. The van der Waals surface area contributed by atoms with E-state index in [1.54, 1.807) is 6.07 Å². The quantitative estimate of drug-likeness (QED) is 0.917. The van der Waals surface area contributed by atoms with Crippen LogP contribution in [0, 0.1) is 18.7 Å². The van der Waals surface area contributed by atoms with Gasteiger partial charge in [-0.25, -0.2) is 4.39 Å². The van der Waals surface area contributed by atoms with Crippen LogP contribution in [0.15, 0.2) is 18.2 Å². The molecule has 0 amide bonds. The van der Waals surface area contributed by atoms with Gasteiger partial charge in [-0.2, -0.15) is 0 Å². The average molecular weight is 290 g/mol. The Bertz CT molecular complexity index is 486. The van der Waals surface area contributed by atoms with Crippen LogP contribution in [0.3, 0.4) is 0 Å². The Morgan fingerprint density at radius 1 is 1.24 bits per heavy atom. The molecule has 0 spiro atoms. The Morgan fingerprint density at radius 2 is 2.00 bits per heavy atom. The van der Waals surface area contributed by atoms with Crippen molar-refractivity contribution in [1.82, 2.24) is 4.90 Å². The highest BCUT2D eigenvalue weighted by Crippen LogP contribution is 2.39. The molecule has 1 aliphatic heterocycles. The number of halogens is 1. The molecule has 3 atom stereocenters. The number of benzene rings is 1. The van der Waals surface area contributed by atoms with Gasteiger partial charge in [-0.05, 0) is 62.3 Å². The van der Waals surface area contributed by atoms with Gasteiger partial charge >= 0.3 is 0 Å². The summed E-state index contributed by atoms with van der Waals surface area (Å²) in [6, 6.07) is 6.47. The van der Waals surface area contributed by atoms with E-state index in [4.69, 9.17) is 5.73 Å². The van der Waals surface area contributed by atoms with E-state index in [1.807, 2.05) is 13.0 Å². The van der Waals surface area contributed by atoms with E-state index in [-0.39, 0.29) is 11.9 Å². The zero-order valence-electron chi connectivity index (χ0n) is 13.0. The van der Waals surface area contributed by atoms with E-state index in [2.05, 4.69) is 11.0 Å². The van der Waals surface area contributed by atoms with Gasteiger partial charge in [-0.1, -0.05) is 25.0 Å². The number of nitrogens with zero attached hydrogens (tertiary/aromatic N) is 1. The maximum absolute atomic E-state index is 13.9. The van der Waals surface area contributed by atoms with Gasteiger partial charge in [0.1, 0.15) is 5.82 Å². The predicted molar refractivity (Wildman–Crippen MR) is 84.6 cm³/mol. The number of fused-ring (bicyclic) bond motifs is 1. The first-order valence-corrected chi connectivity index (χ1v) is 8.42. The summed E-state index contributed by atoms with van der Waals surface area (Å²) in [5, 5.41) is 0. The molecule has 1 aromatic carbocycles. The summed E-state index contributed by atoms with van der Waals surface area (Å²) in [6.07, 6.45) is 7.97. The Balaban J connectivity index is 1.85. The third kappa shape index (κ3) is 3.00. The summed E-state index contributed by atoms with van der Waals surface area (Å²) in [7, 11) is 0. The molecule has 1 unspecified atom stereocenters. The van der Waals surface area contributed by atoms with E-state index in [0.29, 0.717) is 18.2 Å². The number of piperidine rings is 1. The van der Waals surface area contributed by atoms with Gasteiger partial charge in [0.2, 0.25) is 0 Å². The van der Waals surface area contributed by atoms with Crippen LogP contribution in [0.1, 0.15) is 55.7 Å². The third-order valence-corrected chi connectivity index (χ3v) is 5.49. The van der Waals surface area contributed by atoms with Crippen molar-refractivity contribution in [3.05, 3.63) is 35.1 Å². The van der Waals surface area contributed by atoms with Crippen LogP contribution in [-0.2, 0) is 0 Å². The average Bonchev–Trinajstić information content (AvgIpc) is 2.52. The lowest BCUT2D eigenvalue weighted by Gasteiger charge is -2.47. The number of hydrogen-bond donors (Lipinski definition) is 1. The Kier molecular flexibility index (Phi) is 4.60. The third-order valence-electron chi connectivity index (χ3n) is 5.49. The van der Waals surface area contributed by atoms with Crippen LogP contribution in [0.4, 0.5) is 4.39 Å². The van der Waals surface area contributed by atoms with E-state index in [0.717, 1.165) is 18.0 Å². The summed E-state index contributed by atoms with van der Waals surface area (Å²) in [4.78, 5) is 2.58. The second kappa shape index (κ2) is 6.45. The van der Waals surface area contributed by atoms with Crippen molar-refractivity contribution >= 4 is 0 Å². The molecule has 0 bridgehead atoms. The minimum absolute atomic E-state index is 0.108. The molecular formula is C18H27FN2. The highest BCUT2D eigenvalue weighted by Gasteiger charge is 2.36. The number of likely N-dealkylation sites (tertiary alicyclic amines) is 1. The molecule has 0 radical (unpaired) electrons. The van der Waals surface area contributed by atoms with Gasteiger partial charge in [0.05, 0.1) is 0 Å². The van der Waals surface area contributed by atoms with Crippen LogP contribution in [0.5, 0.6) is 0 Å². The minimum atomic E-state index is -0.108. The van der Waals surface area contributed by atoms with Crippen molar-refractivity contribution in [2.24, 2.45) is 11.7 Å². The Morgan fingerprint density at radius 3 is 2.76 bits per heavy atom. The zero-order chi connectivity index (χ0) is 14.8. The molecule has 3 rings (SSSR count). The fourth-order valence-corrected chi connectivity index (χ4v) is 4.33. The Labute approximate surface area is 127 Å². The summed E-state index contributed by atoms with van der Waals surface area (Å²) >= 11 is 0. The van der Waals surface area contributed by atoms with Crippen LogP contribution in [0.2, 0.25) is 0 Å². The zero-order valence-corrected chi connectivity index (χ0v) is 13.0. The van der Waals surface area contributed by atoms with Gasteiger partial charge in [0.15, 0.2) is 0 Å². The number of hydrogen-bond acceptors (Lipinski definition) is 2. The molecule has 2 aliphatic rings. The van der Waals surface area contributed by atoms with Gasteiger partial charge < -0.3 is 5.73 Å². The molecule has 1 saturated carbocycles. The molecule has 2 fully saturated rings. The molecule has 1 heterocycles. The monoisotopic (exact) mass is 290 g/mol. The number of aryl methyl sites for hydroxylation is 1. The van der Waals surface area contributed by atoms with Gasteiger partial charge in [-0.3, -0.25) is 4.90 Å². The van der Waals surface area contributed by atoms with Crippen molar-refractivity contribution < 1.29 is 4.39 Å². The van der Waals surface area contributed by atoms with E-state index in [1.165, 1.54) is 38.5 Å². The number of nitrogens with two attached hydrogens (primary N) is 1. The van der Waals surface area contributed by atoms with E-state index >= 15 is 0 Å². The molecule has 3 heteroatoms. The van der Waals surface area contributed by atoms with Gasteiger partial charge in [0, 0.05) is 18.6 Å². The molecule has 1 aliphatic carbocycles. The Hall–Kier alpha value is -0.930. The summed E-state index contributed by atoms with van der Waals surface area (Å²) < 4.78 is 13.9. The van der Waals surface area contributed by atoms with E-state index < -0.39 is 0 Å². The van der Waals surface area contributed by atoms with Crippen molar-refractivity contribution in [2.75, 3.05) is 13.1 Å².